The van der Waals surface area contributed by atoms with Gasteiger partial charge in [0.1, 0.15) is 4.90 Å². The number of ether oxygens (including phenoxy) is 1. The van der Waals surface area contributed by atoms with Crippen molar-refractivity contribution in [2.24, 2.45) is 0 Å². The predicted molar refractivity (Wildman–Crippen MR) is 83.0 cm³/mol. The molecule has 1 unspecified atom stereocenters. The Morgan fingerprint density at radius 2 is 1.95 bits per heavy atom. The Morgan fingerprint density at radius 3 is 2.55 bits per heavy atom. The number of nitrogens with zero attached hydrogens (tertiary/aromatic N) is 1. The first kappa shape index (κ1) is 16.5. The van der Waals surface area contributed by atoms with Crippen molar-refractivity contribution in [2.45, 2.75) is 24.3 Å². The van der Waals surface area contributed by atoms with E-state index in [9.17, 15) is 8.42 Å². The Balaban J connectivity index is 2.44. The van der Waals surface area contributed by atoms with Gasteiger partial charge in [0.15, 0.2) is 0 Å². The molecule has 0 N–H and O–H groups in total. The minimum Gasteiger partial charge on any atom is -0.377 e. The number of hydrogen-bond acceptors (Lipinski definition) is 3. The molecule has 0 radical (unpaired) electrons. The predicted octanol–water partition coefficient (Wildman–Crippen LogP) is 3.56. The van der Waals surface area contributed by atoms with E-state index in [-0.39, 0.29) is 21.0 Å². The van der Waals surface area contributed by atoms with Gasteiger partial charge in [-0.2, -0.15) is 4.31 Å². The summed E-state index contributed by atoms with van der Waals surface area (Å²) in [6.07, 6.45) is 0.496. The fourth-order valence-electron chi connectivity index (χ4n) is 2.08. The van der Waals surface area contributed by atoms with E-state index in [1.165, 1.54) is 16.4 Å². The summed E-state index contributed by atoms with van der Waals surface area (Å²) < 4.78 is 32.9. The van der Waals surface area contributed by atoms with E-state index < -0.39 is 10.0 Å². The second-order valence-electron chi connectivity index (χ2n) is 4.60. The lowest BCUT2D eigenvalue weighted by molar-refractivity contribution is 0.0752. The summed E-state index contributed by atoms with van der Waals surface area (Å²) in [6, 6.07) is 3.05. The van der Waals surface area contributed by atoms with Crippen molar-refractivity contribution in [3.05, 3.63) is 26.7 Å². The summed E-state index contributed by atoms with van der Waals surface area (Å²) in [7, 11) is -3.73. The summed E-state index contributed by atoms with van der Waals surface area (Å²) in [5.41, 5.74) is 0. The second-order valence-corrected chi connectivity index (χ2v) is 8.20. The first-order chi connectivity index (χ1) is 9.32. The molecule has 2 rings (SSSR count). The molecule has 0 aromatic heterocycles. The largest absolute Gasteiger partial charge is 0.377 e. The standard InChI is InChI=1S/C12H14BrCl2NO3S/c1-8-7-16(3-2-4-19-8)20(17,18)12-10(14)5-9(13)6-11(12)15/h5-6,8H,2-4,7H2,1H3. The highest BCUT2D eigenvalue weighted by Gasteiger charge is 2.31. The third-order valence-corrected chi connectivity index (χ3v) is 6.22. The molecule has 1 aromatic rings. The van der Waals surface area contributed by atoms with Crippen molar-refractivity contribution in [1.82, 2.24) is 4.31 Å². The first-order valence-corrected chi connectivity index (χ1v) is 9.07. The van der Waals surface area contributed by atoms with Crippen molar-refractivity contribution in [1.29, 1.82) is 0 Å². The van der Waals surface area contributed by atoms with Gasteiger partial charge in [0.25, 0.3) is 0 Å². The molecule has 4 nitrogen and oxygen atoms in total. The van der Waals surface area contributed by atoms with Gasteiger partial charge in [-0.15, -0.1) is 0 Å². The highest BCUT2D eigenvalue weighted by atomic mass is 79.9. The van der Waals surface area contributed by atoms with Crippen LogP contribution in [0.3, 0.4) is 0 Å². The maximum Gasteiger partial charge on any atom is 0.246 e. The molecule has 1 aliphatic heterocycles. The van der Waals surface area contributed by atoms with Crippen LogP contribution in [0.5, 0.6) is 0 Å². The Bertz CT molecular complexity index is 586. The van der Waals surface area contributed by atoms with Crippen LogP contribution in [0, 0.1) is 0 Å². The third kappa shape index (κ3) is 3.48. The lowest BCUT2D eigenvalue weighted by Gasteiger charge is -2.22. The van der Waals surface area contributed by atoms with Crippen molar-refractivity contribution in [3.63, 3.8) is 0 Å². The Hall–Kier alpha value is 0.150. The third-order valence-electron chi connectivity index (χ3n) is 2.98. The van der Waals surface area contributed by atoms with Crippen molar-refractivity contribution in [2.75, 3.05) is 19.7 Å². The van der Waals surface area contributed by atoms with Crippen LogP contribution in [-0.4, -0.2) is 38.5 Å². The molecular weight excluding hydrogens is 389 g/mol. The minimum atomic E-state index is -3.73. The molecule has 0 bridgehead atoms. The summed E-state index contributed by atoms with van der Waals surface area (Å²) in [4.78, 5) is -0.0434. The number of hydrogen-bond donors (Lipinski definition) is 0. The fourth-order valence-corrected chi connectivity index (χ4v) is 5.52. The van der Waals surface area contributed by atoms with E-state index in [4.69, 9.17) is 27.9 Å². The molecule has 1 aromatic carbocycles. The molecule has 1 heterocycles. The van der Waals surface area contributed by atoms with E-state index in [1.54, 1.807) is 0 Å². The summed E-state index contributed by atoms with van der Waals surface area (Å²) in [5.74, 6) is 0. The zero-order valence-electron chi connectivity index (χ0n) is 10.8. The van der Waals surface area contributed by atoms with Crippen LogP contribution >= 0.6 is 39.1 Å². The number of sulfonamides is 1. The number of benzene rings is 1. The zero-order valence-corrected chi connectivity index (χ0v) is 14.7. The van der Waals surface area contributed by atoms with Crippen LogP contribution in [0.1, 0.15) is 13.3 Å². The highest BCUT2D eigenvalue weighted by Crippen LogP contribution is 2.35. The molecule has 8 heteroatoms. The molecule has 0 aliphatic carbocycles. The van der Waals surface area contributed by atoms with Crippen LogP contribution in [-0.2, 0) is 14.8 Å². The van der Waals surface area contributed by atoms with Crippen molar-refractivity contribution >= 4 is 49.2 Å². The van der Waals surface area contributed by atoms with Crippen LogP contribution in [0.25, 0.3) is 0 Å². The normalized spacial score (nSPS) is 21.7. The van der Waals surface area contributed by atoms with E-state index in [0.29, 0.717) is 30.6 Å². The van der Waals surface area contributed by atoms with Crippen LogP contribution in [0.4, 0.5) is 0 Å². The molecule has 1 saturated heterocycles. The van der Waals surface area contributed by atoms with Crippen LogP contribution in [0.2, 0.25) is 10.0 Å². The highest BCUT2D eigenvalue weighted by molar-refractivity contribution is 9.10. The topological polar surface area (TPSA) is 46.6 Å². The summed E-state index contributed by atoms with van der Waals surface area (Å²) >= 11 is 15.4. The average molecular weight is 403 g/mol. The lowest BCUT2D eigenvalue weighted by atomic mass is 10.4. The van der Waals surface area contributed by atoms with Gasteiger partial charge in [-0.05, 0) is 25.5 Å². The minimum absolute atomic E-state index is 0.0434. The van der Waals surface area contributed by atoms with Gasteiger partial charge in [-0.1, -0.05) is 39.1 Å². The van der Waals surface area contributed by atoms with Gasteiger partial charge in [-0.3, -0.25) is 0 Å². The van der Waals surface area contributed by atoms with E-state index in [1.807, 2.05) is 6.92 Å². The molecule has 1 aliphatic rings. The van der Waals surface area contributed by atoms with Gasteiger partial charge >= 0.3 is 0 Å². The summed E-state index contributed by atoms with van der Waals surface area (Å²) in [5, 5.41) is 0.226. The SMILES string of the molecule is CC1CN(S(=O)(=O)c2c(Cl)cc(Br)cc2Cl)CCCO1. The molecule has 0 spiro atoms. The molecule has 1 atom stereocenters. The van der Waals surface area contributed by atoms with E-state index in [2.05, 4.69) is 15.9 Å². The zero-order chi connectivity index (χ0) is 14.9. The Labute approximate surface area is 137 Å². The Kier molecular flexibility index (Phi) is 5.37. The van der Waals surface area contributed by atoms with Crippen LogP contribution < -0.4 is 0 Å². The monoisotopic (exact) mass is 401 g/mol. The first-order valence-electron chi connectivity index (χ1n) is 6.08. The smallest absolute Gasteiger partial charge is 0.246 e. The average Bonchev–Trinajstić information content (AvgIpc) is 2.52. The molecule has 0 saturated carbocycles. The lowest BCUT2D eigenvalue weighted by Crippen LogP contribution is -2.36. The second kappa shape index (κ2) is 6.50. The van der Waals surface area contributed by atoms with Crippen molar-refractivity contribution in [3.8, 4) is 0 Å². The van der Waals surface area contributed by atoms with E-state index in [0.717, 1.165) is 0 Å². The van der Waals surface area contributed by atoms with Gasteiger partial charge in [0, 0.05) is 24.2 Å². The molecule has 1 fully saturated rings. The summed E-state index contributed by atoms with van der Waals surface area (Å²) in [6.45, 7) is 3.09. The van der Waals surface area contributed by atoms with Gasteiger partial charge in [0.05, 0.1) is 16.1 Å². The quantitative estimate of drug-likeness (QED) is 0.759. The molecule has 112 valence electrons. The van der Waals surface area contributed by atoms with Crippen molar-refractivity contribution < 1.29 is 13.2 Å². The maximum absolute atomic E-state index is 12.7. The maximum atomic E-state index is 12.7. The molecular formula is C12H14BrCl2NO3S. The van der Waals surface area contributed by atoms with Gasteiger partial charge in [0.2, 0.25) is 10.0 Å². The van der Waals surface area contributed by atoms with Gasteiger partial charge < -0.3 is 4.74 Å². The fraction of sp³-hybridized carbons (Fsp3) is 0.500. The number of halogens is 3. The van der Waals surface area contributed by atoms with Gasteiger partial charge in [-0.25, -0.2) is 8.42 Å². The Morgan fingerprint density at radius 1 is 1.35 bits per heavy atom. The van der Waals surface area contributed by atoms with Crippen LogP contribution in [0.15, 0.2) is 21.5 Å². The molecule has 0 amide bonds. The molecule has 20 heavy (non-hydrogen) atoms. The van der Waals surface area contributed by atoms with E-state index >= 15 is 0 Å². The number of rotatable bonds is 2.